The van der Waals surface area contributed by atoms with Crippen LogP contribution in [0.15, 0.2) is 42.9 Å². The molecular weight excluding hydrogens is 238 g/mol. The lowest BCUT2D eigenvalue weighted by molar-refractivity contribution is 0.300. The van der Waals surface area contributed by atoms with Crippen molar-refractivity contribution in [2.75, 3.05) is 0 Å². The molecule has 0 radical (unpaired) electrons. The largest absolute Gasteiger partial charge is 0.486 e. The monoisotopic (exact) mass is 253 g/mol. The van der Waals surface area contributed by atoms with Gasteiger partial charge in [-0.2, -0.15) is 0 Å². The molecule has 0 fully saturated rings. The molecule has 0 N–H and O–H groups in total. The van der Waals surface area contributed by atoms with Crippen LogP contribution in [0.5, 0.6) is 5.75 Å². The minimum absolute atomic E-state index is 0.450. The smallest absolute Gasteiger partial charge is 0.138 e. The number of pyridine rings is 2. The van der Waals surface area contributed by atoms with E-state index < -0.39 is 0 Å². The number of fused-ring (bicyclic) bond motifs is 1. The van der Waals surface area contributed by atoms with Crippen molar-refractivity contribution in [3.05, 3.63) is 59.8 Å². The molecule has 0 atom stereocenters. The Kier molecular flexibility index (Phi) is 2.91. The predicted molar refractivity (Wildman–Crippen MR) is 73.2 cm³/mol. The lowest BCUT2D eigenvalue weighted by Gasteiger charge is -2.03. The highest BCUT2D eigenvalue weighted by molar-refractivity contribution is 5.41. The summed E-state index contributed by atoms with van der Waals surface area (Å²) < 4.78 is 7.68. The molecule has 0 bridgehead atoms. The molecule has 4 nitrogen and oxygen atoms in total. The number of hydrogen-bond acceptors (Lipinski definition) is 3. The van der Waals surface area contributed by atoms with Gasteiger partial charge in [0.15, 0.2) is 0 Å². The highest BCUT2D eigenvalue weighted by atomic mass is 16.5. The Hall–Kier alpha value is -2.36. The molecule has 3 rings (SSSR count). The van der Waals surface area contributed by atoms with E-state index >= 15 is 0 Å². The number of nitrogens with zero attached hydrogens (tertiary/aromatic N) is 3. The first-order chi connectivity index (χ1) is 9.20. The summed E-state index contributed by atoms with van der Waals surface area (Å²) in [5.74, 6) is 0.763. The SMILES string of the molecule is Cc1ccc2nc(COc3ccc(C)nc3)cn2c1. The number of aryl methyl sites for hydroxylation is 2. The number of hydrogen-bond donors (Lipinski definition) is 0. The fourth-order valence-corrected chi connectivity index (χ4v) is 1.92. The third-order valence-corrected chi connectivity index (χ3v) is 2.92. The standard InChI is InChI=1S/C15H15N3O/c1-11-3-6-15-17-13(9-18(15)8-11)10-19-14-5-4-12(2)16-7-14/h3-9H,10H2,1-2H3. The van der Waals surface area contributed by atoms with E-state index in [0.29, 0.717) is 6.61 Å². The molecule has 3 aromatic heterocycles. The average molecular weight is 253 g/mol. The van der Waals surface area contributed by atoms with Crippen LogP contribution in [0.4, 0.5) is 0 Å². The van der Waals surface area contributed by atoms with Gasteiger partial charge in [0.25, 0.3) is 0 Å². The first kappa shape index (κ1) is 11.7. The summed E-state index contributed by atoms with van der Waals surface area (Å²) in [5.41, 5.74) is 4.04. The van der Waals surface area contributed by atoms with Crippen LogP contribution in [0.25, 0.3) is 5.65 Å². The Balaban J connectivity index is 1.76. The molecule has 0 saturated heterocycles. The van der Waals surface area contributed by atoms with E-state index in [1.165, 1.54) is 5.56 Å². The van der Waals surface area contributed by atoms with Gasteiger partial charge in [-0.1, -0.05) is 6.07 Å². The van der Waals surface area contributed by atoms with Crippen LogP contribution in [0, 0.1) is 13.8 Å². The quantitative estimate of drug-likeness (QED) is 0.720. The molecule has 3 heterocycles. The maximum atomic E-state index is 5.67. The lowest BCUT2D eigenvalue weighted by Crippen LogP contribution is -1.96. The first-order valence-electron chi connectivity index (χ1n) is 6.20. The molecule has 0 amide bonds. The summed E-state index contributed by atoms with van der Waals surface area (Å²) in [6.45, 7) is 4.47. The molecule has 0 aromatic carbocycles. The molecule has 0 unspecified atom stereocenters. The highest BCUT2D eigenvalue weighted by Crippen LogP contribution is 2.12. The lowest BCUT2D eigenvalue weighted by atomic mass is 10.3. The zero-order valence-electron chi connectivity index (χ0n) is 11.0. The van der Waals surface area contributed by atoms with Gasteiger partial charge in [-0.15, -0.1) is 0 Å². The van der Waals surface area contributed by atoms with E-state index in [1.54, 1.807) is 6.20 Å². The molecule has 0 aliphatic heterocycles. The third-order valence-electron chi connectivity index (χ3n) is 2.92. The molecule has 0 spiro atoms. The van der Waals surface area contributed by atoms with Crippen LogP contribution < -0.4 is 4.74 Å². The van der Waals surface area contributed by atoms with Gasteiger partial charge in [0.1, 0.15) is 18.0 Å². The second kappa shape index (κ2) is 4.72. The van der Waals surface area contributed by atoms with Gasteiger partial charge in [-0.3, -0.25) is 4.98 Å². The van der Waals surface area contributed by atoms with Crippen molar-refractivity contribution in [3.63, 3.8) is 0 Å². The van der Waals surface area contributed by atoms with Crippen molar-refractivity contribution < 1.29 is 4.74 Å². The Morgan fingerprint density at radius 1 is 1.11 bits per heavy atom. The van der Waals surface area contributed by atoms with E-state index in [-0.39, 0.29) is 0 Å². The van der Waals surface area contributed by atoms with Crippen molar-refractivity contribution in [2.24, 2.45) is 0 Å². The van der Waals surface area contributed by atoms with Crippen LogP contribution in [0.2, 0.25) is 0 Å². The Morgan fingerprint density at radius 2 is 2.00 bits per heavy atom. The van der Waals surface area contributed by atoms with Crippen LogP contribution in [0.3, 0.4) is 0 Å². The fourth-order valence-electron chi connectivity index (χ4n) is 1.92. The number of imidazole rings is 1. The fraction of sp³-hybridized carbons (Fsp3) is 0.200. The zero-order valence-corrected chi connectivity index (χ0v) is 11.0. The van der Waals surface area contributed by atoms with Crippen molar-refractivity contribution in [2.45, 2.75) is 20.5 Å². The molecule has 19 heavy (non-hydrogen) atoms. The first-order valence-corrected chi connectivity index (χ1v) is 6.20. The number of aromatic nitrogens is 3. The van der Waals surface area contributed by atoms with Crippen molar-refractivity contribution >= 4 is 5.65 Å². The summed E-state index contributed by atoms with van der Waals surface area (Å²) in [6, 6.07) is 7.91. The van der Waals surface area contributed by atoms with Gasteiger partial charge in [0.2, 0.25) is 0 Å². The topological polar surface area (TPSA) is 39.4 Å². The number of rotatable bonds is 3. The van der Waals surface area contributed by atoms with Crippen LogP contribution >= 0.6 is 0 Å². The maximum Gasteiger partial charge on any atom is 0.138 e. The minimum atomic E-state index is 0.450. The van der Waals surface area contributed by atoms with Gasteiger partial charge in [-0.25, -0.2) is 4.98 Å². The molecular formula is C15H15N3O. The average Bonchev–Trinajstić information content (AvgIpc) is 2.80. The molecule has 0 saturated carbocycles. The summed E-state index contributed by atoms with van der Waals surface area (Å²) in [4.78, 5) is 8.70. The third kappa shape index (κ3) is 2.57. The molecule has 4 heteroatoms. The van der Waals surface area contributed by atoms with E-state index in [0.717, 1.165) is 22.8 Å². The maximum absolute atomic E-state index is 5.67. The second-order valence-electron chi connectivity index (χ2n) is 4.63. The van der Waals surface area contributed by atoms with Gasteiger partial charge in [-0.05, 0) is 37.6 Å². The molecule has 96 valence electrons. The summed E-state index contributed by atoms with van der Waals surface area (Å²) >= 11 is 0. The van der Waals surface area contributed by atoms with Gasteiger partial charge < -0.3 is 9.14 Å². The van der Waals surface area contributed by atoms with Crippen molar-refractivity contribution in [1.82, 2.24) is 14.4 Å². The second-order valence-corrected chi connectivity index (χ2v) is 4.63. The Bertz CT molecular complexity index is 701. The Labute approximate surface area is 111 Å². The van der Waals surface area contributed by atoms with Crippen LogP contribution in [-0.2, 0) is 6.61 Å². The van der Waals surface area contributed by atoms with E-state index in [4.69, 9.17) is 4.74 Å². The van der Waals surface area contributed by atoms with Gasteiger partial charge in [0.05, 0.1) is 11.9 Å². The minimum Gasteiger partial charge on any atom is -0.486 e. The summed E-state index contributed by atoms with van der Waals surface area (Å²) in [5, 5.41) is 0. The van der Waals surface area contributed by atoms with Crippen molar-refractivity contribution in [3.8, 4) is 5.75 Å². The van der Waals surface area contributed by atoms with Crippen molar-refractivity contribution in [1.29, 1.82) is 0 Å². The van der Waals surface area contributed by atoms with Gasteiger partial charge >= 0.3 is 0 Å². The van der Waals surface area contributed by atoms with Crippen LogP contribution in [-0.4, -0.2) is 14.4 Å². The predicted octanol–water partition coefficient (Wildman–Crippen LogP) is 2.93. The number of ether oxygens (including phenoxy) is 1. The molecule has 3 aromatic rings. The highest BCUT2D eigenvalue weighted by Gasteiger charge is 2.03. The Morgan fingerprint density at radius 3 is 2.79 bits per heavy atom. The van der Waals surface area contributed by atoms with E-state index in [2.05, 4.69) is 29.2 Å². The van der Waals surface area contributed by atoms with Gasteiger partial charge in [0, 0.05) is 18.1 Å². The summed E-state index contributed by atoms with van der Waals surface area (Å²) in [7, 11) is 0. The van der Waals surface area contributed by atoms with Crippen LogP contribution in [0.1, 0.15) is 17.0 Å². The molecule has 0 aliphatic rings. The normalized spacial score (nSPS) is 10.8. The molecule has 0 aliphatic carbocycles. The summed E-state index contributed by atoms with van der Waals surface area (Å²) in [6.07, 6.45) is 5.78. The zero-order chi connectivity index (χ0) is 13.2. The van der Waals surface area contributed by atoms with E-state index in [9.17, 15) is 0 Å². The van der Waals surface area contributed by atoms with E-state index in [1.807, 2.05) is 35.7 Å².